The molecular formula is C14H7Cl3N2O. The van der Waals surface area contributed by atoms with E-state index in [1.807, 2.05) is 0 Å². The minimum absolute atomic E-state index is 0.261. The second-order valence-corrected chi connectivity index (χ2v) is 5.37. The number of rotatable bonds is 2. The predicted molar refractivity (Wildman–Crippen MR) is 81.0 cm³/mol. The highest BCUT2D eigenvalue weighted by molar-refractivity contribution is 6.42. The molecule has 0 fully saturated rings. The van der Waals surface area contributed by atoms with Gasteiger partial charge in [0.1, 0.15) is 5.65 Å². The third-order valence-electron chi connectivity index (χ3n) is 2.96. The van der Waals surface area contributed by atoms with Crippen molar-refractivity contribution in [2.45, 2.75) is 0 Å². The van der Waals surface area contributed by atoms with Gasteiger partial charge < -0.3 is 4.98 Å². The van der Waals surface area contributed by atoms with Gasteiger partial charge in [0.15, 0.2) is 5.78 Å². The van der Waals surface area contributed by atoms with Crippen LogP contribution in [0.1, 0.15) is 15.9 Å². The maximum absolute atomic E-state index is 12.6. The second kappa shape index (κ2) is 5.09. The summed E-state index contributed by atoms with van der Waals surface area (Å²) >= 11 is 18.3. The average Bonchev–Trinajstić information content (AvgIpc) is 2.83. The second-order valence-electron chi connectivity index (χ2n) is 4.14. The molecule has 3 rings (SSSR count). The summed E-state index contributed by atoms with van der Waals surface area (Å²) in [5.41, 5.74) is 1.20. The van der Waals surface area contributed by atoms with Crippen LogP contribution in [0.25, 0.3) is 11.0 Å². The normalized spacial score (nSPS) is 10.9. The lowest BCUT2D eigenvalue weighted by Gasteiger charge is -2.05. The van der Waals surface area contributed by atoms with Gasteiger partial charge in [0, 0.05) is 17.8 Å². The zero-order valence-corrected chi connectivity index (χ0v) is 12.2. The molecule has 0 aliphatic carbocycles. The highest BCUT2D eigenvalue weighted by atomic mass is 35.5. The Morgan fingerprint density at radius 1 is 1.05 bits per heavy atom. The molecule has 100 valence electrons. The number of hydrogen-bond acceptors (Lipinski definition) is 2. The smallest absolute Gasteiger partial charge is 0.198 e. The summed E-state index contributed by atoms with van der Waals surface area (Å²) in [5.74, 6) is -0.290. The van der Waals surface area contributed by atoms with Crippen molar-refractivity contribution in [3.05, 3.63) is 62.9 Å². The summed E-state index contributed by atoms with van der Waals surface area (Å²) in [5, 5.41) is 1.62. The Bertz CT molecular complexity index is 806. The van der Waals surface area contributed by atoms with E-state index in [-0.39, 0.29) is 11.3 Å². The van der Waals surface area contributed by atoms with Crippen molar-refractivity contribution in [1.82, 2.24) is 9.97 Å². The number of ketones is 1. The fourth-order valence-electron chi connectivity index (χ4n) is 2.05. The van der Waals surface area contributed by atoms with Gasteiger partial charge in [0.25, 0.3) is 0 Å². The summed E-state index contributed by atoms with van der Waals surface area (Å²) in [7, 11) is 0. The first-order valence-electron chi connectivity index (χ1n) is 5.70. The van der Waals surface area contributed by atoms with E-state index in [0.29, 0.717) is 31.7 Å². The SMILES string of the molecule is O=C(c1c(Cl)cccc1Cl)c1c[nH]c2nccc(Cl)c12. The van der Waals surface area contributed by atoms with Crippen LogP contribution in [-0.2, 0) is 0 Å². The molecule has 2 aromatic heterocycles. The Morgan fingerprint density at radius 3 is 2.45 bits per heavy atom. The maximum atomic E-state index is 12.6. The highest BCUT2D eigenvalue weighted by Crippen LogP contribution is 2.31. The molecule has 0 unspecified atom stereocenters. The van der Waals surface area contributed by atoms with E-state index >= 15 is 0 Å². The van der Waals surface area contributed by atoms with E-state index in [4.69, 9.17) is 34.8 Å². The number of fused-ring (bicyclic) bond motifs is 1. The molecule has 2 heterocycles. The lowest BCUT2D eigenvalue weighted by atomic mass is 10.0. The molecule has 0 saturated heterocycles. The molecular weight excluding hydrogens is 319 g/mol. The molecule has 3 aromatic rings. The average molecular weight is 326 g/mol. The minimum Gasteiger partial charge on any atom is -0.345 e. The van der Waals surface area contributed by atoms with Crippen molar-refractivity contribution in [3.8, 4) is 0 Å². The first-order valence-corrected chi connectivity index (χ1v) is 6.83. The first-order chi connectivity index (χ1) is 9.59. The fourth-order valence-corrected chi connectivity index (χ4v) is 2.86. The number of carbonyl (C=O) groups is 1. The highest BCUT2D eigenvalue weighted by Gasteiger charge is 2.21. The van der Waals surface area contributed by atoms with Crippen LogP contribution in [0, 0.1) is 0 Å². The summed E-state index contributed by atoms with van der Waals surface area (Å²) in [6.45, 7) is 0. The van der Waals surface area contributed by atoms with Gasteiger partial charge in [-0.2, -0.15) is 0 Å². The van der Waals surface area contributed by atoms with Crippen LogP contribution in [0.3, 0.4) is 0 Å². The lowest BCUT2D eigenvalue weighted by Crippen LogP contribution is -2.02. The van der Waals surface area contributed by atoms with Crippen molar-refractivity contribution in [2.75, 3.05) is 0 Å². The van der Waals surface area contributed by atoms with Crippen molar-refractivity contribution in [2.24, 2.45) is 0 Å². The van der Waals surface area contributed by atoms with Crippen LogP contribution in [0.2, 0.25) is 15.1 Å². The summed E-state index contributed by atoms with van der Waals surface area (Å²) in [6.07, 6.45) is 3.13. The number of H-pyrrole nitrogens is 1. The Hall–Kier alpha value is -1.55. The number of pyridine rings is 1. The lowest BCUT2D eigenvalue weighted by molar-refractivity contribution is 0.104. The number of aromatic nitrogens is 2. The van der Waals surface area contributed by atoms with Crippen LogP contribution >= 0.6 is 34.8 Å². The number of halogens is 3. The Kier molecular flexibility index (Phi) is 3.42. The zero-order chi connectivity index (χ0) is 14.3. The molecule has 0 atom stereocenters. The van der Waals surface area contributed by atoms with Crippen LogP contribution in [0.15, 0.2) is 36.7 Å². The van der Waals surface area contributed by atoms with Crippen LogP contribution in [0.5, 0.6) is 0 Å². The van der Waals surface area contributed by atoms with Gasteiger partial charge in [0.05, 0.1) is 26.2 Å². The molecule has 6 heteroatoms. The summed E-state index contributed by atoms with van der Waals surface area (Å²) < 4.78 is 0. The third-order valence-corrected chi connectivity index (χ3v) is 3.90. The zero-order valence-electron chi connectivity index (χ0n) is 9.95. The fraction of sp³-hybridized carbons (Fsp3) is 0. The Balaban J connectivity index is 2.24. The van der Waals surface area contributed by atoms with Crippen LogP contribution < -0.4 is 0 Å². The minimum atomic E-state index is -0.290. The molecule has 0 spiro atoms. The number of nitrogens with zero attached hydrogens (tertiary/aromatic N) is 1. The number of hydrogen-bond donors (Lipinski definition) is 1. The standard InChI is InChI=1S/C14H7Cl3N2O/c15-8-2-1-3-9(16)12(8)13(20)7-6-19-14-11(7)10(17)4-5-18-14/h1-6H,(H,18,19). The molecule has 0 aliphatic heterocycles. The molecule has 3 nitrogen and oxygen atoms in total. The van der Waals surface area contributed by atoms with Crippen molar-refractivity contribution < 1.29 is 4.79 Å². The number of aromatic amines is 1. The molecule has 0 saturated carbocycles. The van der Waals surface area contributed by atoms with Crippen molar-refractivity contribution in [3.63, 3.8) is 0 Å². The van der Waals surface area contributed by atoms with E-state index in [2.05, 4.69) is 9.97 Å². The van der Waals surface area contributed by atoms with E-state index in [1.165, 1.54) is 0 Å². The van der Waals surface area contributed by atoms with E-state index in [0.717, 1.165) is 0 Å². The van der Waals surface area contributed by atoms with Gasteiger partial charge >= 0.3 is 0 Å². The van der Waals surface area contributed by atoms with Gasteiger partial charge in [-0.15, -0.1) is 0 Å². The number of benzene rings is 1. The van der Waals surface area contributed by atoms with Crippen LogP contribution in [-0.4, -0.2) is 15.8 Å². The summed E-state index contributed by atoms with van der Waals surface area (Å²) in [6, 6.07) is 6.55. The van der Waals surface area contributed by atoms with E-state index in [1.54, 1.807) is 36.7 Å². The van der Waals surface area contributed by atoms with Gasteiger partial charge in [-0.3, -0.25) is 4.79 Å². The Labute approximate surface area is 129 Å². The summed E-state index contributed by atoms with van der Waals surface area (Å²) in [4.78, 5) is 19.7. The molecule has 1 aromatic carbocycles. The molecule has 1 N–H and O–H groups in total. The topological polar surface area (TPSA) is 45.8 Å². The van der Waals surface area contributed by atoms with Gasteiger partial charge in [0.2, 0.25) is 0 Å². The van der Waals surface area contributed by atoms with E-state index in [9.17, 15) is 4.79 Å². The molecule has 0 amide bonds. The number of nitrogens with one attached hydrogen (secondary N) is 1. The molecule has 0 radical (unpaired) electrons. The van der Waals surface area contributed by atoms with Crippen molar-refractivity contribution >= 4 is 51.6 Å². The van der Waals surface area contributed by atoms with E-state index < -0.39 is 0 Å². The quantitative estimate of drug-likeness (QED) is 0.691. The Morgan fingerprint density at radius 2 is 1.75 bits per heavy atom. The maximum Gasteiger partial charge on any atom is 0.198 e. The van der Waals surface area contributed by atoms with Gasteiger partial charge in [-0.05, 0) is 18.2 Å². The number of carbonyl (C=O) groups excluding carboxylic acids is 1. The monoisotopic (exact) mass is 324 g/mol. The third kappa shape index (κ3) is 2.08. The van der Waals surface area contributed by atoms with Gasteiger partial charge in [-0.25, -0.2) is 4.98 Å². The molecule has 0 bridgehead atoms. The largest absolute Gasteiger partial charge is 0.345 e. The predicted octanol–water partition coefficient (Wildman–Crippen LogP) is 4.75. The van der Waals surface area contributed by atoms with Crippen LogP contribution in [0.4, 0.5) is 0 Å². The molecule has 0 aliphatic rings. The molecule has 20 heavy (non-hydrogen) atoms. The van der Waals surface area contributed by atoms with Gasteiger partial charge in [-0.1, -0.05) is 40.9 Å². The van der Waals surface area contributed by atoms with Crippen molar-refractivity contribution in [1.29, 1.82) is 0 Å². The first kappa shape index (κ1) is 13.4.